The van der Waals surface area contributed by atoms with Crippen LogP contribution in [-0.4, -0.2) is 51.6 Å². The van der Waals surface area contributed by atoms with Crippen LogP contribution in [-0.2, 0) is 23.1 Å². The molecule has 0 aliphatic carbocycles. The van der Waals surface area contributed by atoms with E-state index < -0.39 is 5.97 Å². The molecule has 0 saturated carbocycles. The van der Waals surface area contributed by atoms with Gasteiger partial charge in [-0.3, -0.25) is 14.4 Å². The largest absolute Gasteiger partial charge is 0.481 e. The summed E-state index contributed by atoms with van der Waals surface area (Å²) in [6, 6.07) is 0. The Bertz CT molecular complexity index is 475. The summed E-state index contributed by atoms with van der Waals surface area (Å²) in [5, 5.41) is 13.2. The average Bonchev–Trinajstić information content (AvgIpc) is 2.56. The normalized spacial score (nSPS) is 20.7. The van der Waals surface area contributed by atoms with Crippen molar-refractivity contribution in [3.05, 3.63) is 15.9 Å². The molecule has 1 aromatic heterocycles. The number of aromatic nitrogens is 2. The quantitative estimate of drug-likeness (QED) is 0.896. The highest BCUT2D eigenvalue weighted by Gasteiger charge is 2.24. The molecule has 1 aliphatic rings. The maximum atomic E-state index is 10.7. The standard InChI is InChI=1S/C12H18BrN3O3/c1-8-12(13)10(15(2)14-8)7-16-3-4-19-9(6-16)5-11(17)18/h9H,3-7H2,1-2H3,(H,17,18). The van der Waals surface area contributed by atoms with Crippen LogP contribution in [0.4, 0.5) is 0 Å². The molecule has 1 fully saturated rings. The third-order valence-electron chi connectivity index (χ3n) is 3.26. The molecular weight excluding hydrogens is 314 g/mol. The van der Waals surface area contributed by atoms with Crippen molar-refractivity contribution in [1.29, 1.82) is 0 Å². The number of hydrogen-bond donors (Lipinski definition) is 1. The van der Waals surface area contributed by atoms with Gasteiger partial charge in [-0.15, -0.1) is 0 Å². The maximum absolute atomic E-state index is 10.7. The Kier molecular flexibility index (Phi) is 4.59. The Morgan fingerprint density at radius 3 is 2.95 bits per heavy atom. The molecule has 1 saturated heterocycles. The second kappa shape index (κ2) is 6.02. The molecule has 0 spiro atoms. The van der Waals surface area contributed by atoms with E-state index in [2.05, 4.69) is 25.9 Å². The fraction of sp³-hybridized carbons (Fsp3) is 0.667. The predicted octanol–water partition coefficient (Wildman–Crippen LogP) is 1.17. The third-order valence-corrected chi connectivity index (χ3v) is 4.29. The van der Waals surface area contributed by atoms with Crippen molar-refractivity contribution in [3.63, 3.8) is 0 Å². The number of carbonyl (C=O) groups is 1. The number of morpholine rings is 1. The number of aliphatic carboxylic acids is 1. The van der Waals surface area contributed by atoms with Crippen LogP contribution < -0.4 is 0 Å². The molecule has 1 atom stereocenters. The maximum Gasteiger partial charge on any atom is 0.306 e. The molecule has 6 nitrogen and oxygen atoms in total. The lowest BCUT2D eigenvalue weighted by atomic mass is 10.2. The van der Waals surface area contributed by atoms with E-state index in [-0.39, 0.29) is 12.5 Å². The lowest BCUT2D eigenvalue weighted by Gasteiger charge is -2.32. The smallest absolute Gasteiger partial charge is 0.306 e. The van der Waals surface area contributed by atoms with Gasteiger partial charge in [-0.25, -0.2) is 0 Å². The summed E-state index contributed by atoms with van der Waals surface area (Å²) < 4.78 is 8.35. The first kappa shape index (κ1) is 14.5. The first-order valence-corrected chi connectivity index (χ1v) is 7.00. The first-order chi connectivity index (χ1) is 8.97. The van der Waals surface area contributed by atoms with E-state index >= 15 is 0 Å². The molecule has 2 heterocycles. The van der Waals surface area contributed by atoms with E-state index in [0.717, 1.165) is 29.0 Å². The molecule has 7 heteroatoms. The highest BCUT2D eigenvalue weighted by Crippen LogP contribution is 2.22. The number of hydrogen-bond acceptors (Lipinski definition) is 4. The minimum Gasteiger partial charge on any atom is -0.481 e. The van der Waals surface area contributed by atoms with Crippen molar-refractivity contribution in [2.24, 2.45) is 7.05 Å². The Morgan fingerprint density at radius 2 is 2.37 bits per heavy atom. The molecule has 0 bridgehead atoms. The van der Waals surface area contributed by atoms with E-state index in [9.17, 15) is 4.79 Å². The SMILES string of the molecule is Cc1nn(C)c(CN2CCOC(CC(=O)O)C2)c1Br. The van der Waals surface area contributed by atoms with Gasteiger partial charge in [0, 0.05) is 26.7 Å². The second-order valence-corrected chi connectivity index (χ2v) is 5.59. The molecule has 106 valence electrons. The number of halogens is 1. The molecule has 0 amide bonds. The number of nitrogens with zero attached hydrogens (tertiary/aromatic N) is 3. The van der Waals surface area contributed by atoms with Crippen molar-refractivity contribution in [1.82, 2.24) is 14.7 Å². The van der Waals surface area contributed by atoms with Gasteiger partial charge in [-0.2, -0.15) is 5.10 Å². The molecule has 1 N–H and O–H groups in total. The fourth-order valence-corrected chi connectivity index (χ4v) is 2.77. The molecule has 0 aromatic carbocycles. The van der Waals surface area contributed by atoms with Crippen LogP contribution in [0.5, 0.6) is 0 Å². The van der Waals surface area contributed by atoms with E-state index in [4.69, 9.17) is 9.84 Å². The monoisotopic (exact) mass is 331 g/mol. The molecule has 19 heavy (non-hydrogen) atoms. The first-order valence-electron chi connectivity index (χ1n) is 6.21. The summed E-state index contributed by atoms with van der Waals surface area (Å²) in [5.74, 6) is -0.815. The summed E-state index contributed by atoms with van der Waals surface area (Å²) in [4.78, 5) is 12.9. The number of carboxylic acids is 1. The minimum atomic E-state index is -0.815. The highest BCUT2D eigenvalue weighted by atomic mass is 79.9. The Morgan fingerprint density at radius 1 is 1.63 bits per heavy atom. The van der Waals surface area contributed by atoms with Crippen LogP contribution in [0.3, 0.4) is 0 Å². The molecular formula is C12H18BrN3O3. The average molecular weight is 332 g/mol. The molecule has 1 aliphatic heterocycles. The van der Waals surface area contributed by atoms with Crippen molar-refractivity contribution in [2.45, 2.75) is 26.0 Å². The zero-order valence-corrected chi connectivity index (χ0v) is 12.7. The minimum absolute atomic E-state index is 0.0576. The van der Waals surface area contributed by atoms with Crippen molar-refractivity contribution in [3.8, 4) is 0 Å². The van der Waals surface area contributed by atoms with Crippen molar-refractivity contribution >= 4 is 21.9 Å². The molecule has 1 aromatic rings. The van der Waals surface area contributed by atoms with Crippen LogP contribution in [0.15, 0.2) is 4.47 Å². The van der Waals surface area contributed by atoms with E-state index in [1.807, 2.05) is 18.7 Å². The van der Waals surface area contributed by atoms with E-state index in [1.54, 1.807) is 0 Å². The van der Waals surface area contributed by atoms with Crippen LogP contribution in [0, 0.1) is 6.92 Å². The van der Waals surface area contributed by atoms with Gasteiger partial charge in [-0.05, 0) is 22.9 Å². The topological polar surface area (TPSA) is 67.6 Å². The Balaban J connectivity index is 2.00. The third kappa shape index (κ3) is 3.55. The zero-order valence-electron chi connectivity index (χ0n) is 11.1. The summed E-state index contributed by atoms with van der Waals surface area (Å²) in [6.07, 6.45) is -0.165. The number of rotatable bonds is 4. The number of ether oxygens (including phenoxy) is 1. The van der Waals surface area contributed by atoms with Gasteiger partial charge in [-0.1, -0.05) is 0 Å². The van der Waals surface area contributed by atoms with Gasteiger partial charge in [0.2, 0.25) is 0 Å². The van der Waals surface area contributed by atoms with Crippen LogP contribution in [0.1, 0.15) is 17.8 Å². The zero-order chi connectivity index (χ0) is 14.0. The van der Waals surface area contributed by atoms with Crippen LogP contribution in [0.2, 0.25) is 0 Å². The van der Waals surface area contributed by atoms with Crippen molar-refractivity contribution in [2.75, 3.05) is 19.7 Å². The van der Waals surface area contributed by atoms with Gasteiger partial charge >= 0.3 is 5.97 Å². The van der Waals surface area contributed by atoms with Gasteiger partial charge in [0.05, 0.1) is 35.0 Å². The van der Waals surface area contributed by atoms with E-state index in [0.29, 0.717) is 13.2 Å². The summed E-state index contributed by atoms with van der Waals surface area (Å²) in [5.41, 5.74) is 2.07. The van der Waals surface area contributed by atoms with Gasteiger partial charge in [0.25, 0.3) is 0 Å². The van der Waals surface area contributed by atoms with E-state index in [1.165, 1.54) is 0 Å². The molecule has 1 unspecified atom stereocenters. The number of carboxylic acid groups (broad SMARTS) is 1. The Labute approximate surface area is 120 Å². The van der Waals surface area contributed by atoms with Crippen LogP contribution >= 0.6 is 15.9 Å². The second-order valence-electron chi connectivity index (χ2n) is 4.80. The van der Waals surface area contributed by atoms with Gasteiger partial charge in [0.1, 0.15) is 0 Å². The lowest BCUT2D eigenvalue weighted by Crippen LogP contribution is -2.43. The predicted molar refractivity (Wildman–Crippen MR) is 72.9 cm³/mol. The van der Waals surface area contributed by atoms with Gasteiger partial charge < -0.3 is 9.84 Å². The van der Waals surface area contributed by atoms with Crippen molar-refractivity contribution < 1.29 is 14.6 Å². The molecule has 2 rings (SSSR count). The fourth-order valence-electron chi connectivity index (χ4n) is 2.31. The van der Waals surface area contributed by atoms with Gasteiger partial charge in [0.15, 0.2) is 0 Å². The number of aryl methyl sites for hydroxylation is 2. The van der Waals surface area contributed by atoms with Crippen LogP contribution in [0.25, 0.3) is 0 Å². The lowest BCUT2D eigenvalue weighted by molar-refractivity contribution is -0.142. The summed E-state index contributed by atoms with van der Waals surface area (Å²) >= 11 is 3.55. The summed E-state index contributed by atoms with van der Waals surface area (Å²) in [7, 11) is 1.92. The molecule has 0 radical (unpaired) electrons. The Hall–Kier alpha value is -0.920. The summed E-state index contributed by atoms with van der Waals surface area (Å²) in [6.45, 7) is 4.74. The highest BCUT2D eigenvalue weighted by molar-refractivity contribution is 9.10.